The molecule has 0 amide bonds. The summed E-state index contributed by atoms with van der Waals surface area (Å²) in [4.78, 5) is 13.9. The molecule has 36 heavy (non-hydrogen) atoms. The van der Waals surface area contributed by atoms with Gasteiger partial charge in [-0.2, -0.15) is 5.10 Å². The summed E-state index contributed by atoms with van der Waals surface area (Å²) < 4.78 is 6.21. The Labute approximate surface area is 211 Å². The van der Waals surface area contributed by atoms with Crippen LogP contribution in [0.5, 0.6) is 5.75 Å². The number of nitrogens with zero attached hydrogens (tertiary/aromatic N) is 3. The van der Waals surface area contributed by atoms with E-state index in [1.807, 2.05) is 18.5 Å². The van der Waals surface area contributed by atoms with E-state index in [9.17, 15) is 0 Å². The molecular weight excluding hydrogens is 468 g/mol. The lowest BCUT2D eigenvalue weighted by molar-refractivity contribution is 0.162. The molecule has 0 bridgehead atoms. The number of thiophene rings is 1. The number of ether oxygens (including phenoxy) is 1. The Morgan fingerprint density at radius 1 is 0.917 bits per heavy atom. The van der Waals surface area contributed by atoms with Crippen molar-refractivity contribution in [2.75, 3.05) is 13.1 Å². The zero-order chi connectivity index (χ0) is 23.9. The van der Waals surface area contributed by atoms with Gasteiger partial charge in [0.25, 0.3) is 0 Å². The highest BCUT2D eigenvalue weighted by atomic mass is 32.1. The maximum Gasteiger partial charge on any atom is 0.181 e. The quantitative estimate of drug-likeness (QED) is 0.273. The van der Waals surface area contributed by atoms with Crippen LogP contribution in [0.1, 0.15) is 12.8 Å². The molecule has 6 heterocycles. The van der Waals surface area contributed by atoms with Crippen LogP contribution in [0.15, 0.2) is 72.5 Å². The van der Waals surface area contributed by atoms with Gasteiger partial charge in [0, 0.05) is 50.3 Å². The number of fused-ring (bicyclic) bond motifs is 2. The van der Waals surface area contributed by atoms with E-state index in [1.54, 1.807) is 17.5 Å². The first-order valence-electron chi connectivity index (χ1n) is 12.1. The highest BCUT2D eigenvalue weighted by Gasteiger charge is 2.17. The Bertz CT molecular complexity index is 1660. The summed E-state index contributed by atoms with van der Waals surface area (Å²) in [6.07, 6.45) is 7.73. The molecule has 1 aromatic carbocycles. The first-order valence-corrected chi connectivity index (χ1v) is 13.0. The lowest BCUT2D eigenvalue weighted by Gasteiger charge is -2.23. The smallest absolute Gasteiger partial charge is 0.181 e. The molecule has 3 N–H and O–H groups in total. The highest BCUT2D eigenvalue weighted by Crippen LogP contribution is 2.36. The molecule has 1 aliphatic rings. The number of piperidine rings is 1. The topological polar surface area (TPSA) is 91.5 Å². The lowest BCUT2D eigenvalue weighted by atomic mass is 10.1. The maximum atomic E-state index is 6.21. The summed E-state index contributed by atoms with van der Waals surface area (Å²) in [6.45, 7) is 1.98. The minimum atomic E-state index is 0.227. The van der Waals surface area contributed by atoms with Crippen LogP contribution in [-0.4, -0.2) is 44.3 Å². The number of H-pyrrole nitrogens is 2. The molecule has 6 aromatic rings. The summed E-state index contributed by atoms with van der Waals surface area (Å²) in [5.74, 6) is 0.795. The molecule has 5 aromatic heterocycles. The maximum absolute atomic E-state index is 6.21. The summed E-state index contributed by atoms with van der Waals surface area (Å²) in [5, 5.41) is 15.3. The minimum absolute atomic E-state index is 0.227. The zero-order valence-electron chi connectivity index (χ0n) is 19.5. The Morgan fingerprint density at radius 3 is 2.72 bits per heavy atom. The fraction of sp³-hybridized carbons (Fsp3) is 0.179. The van der Waals surface area contributed by atoms with Crippen molar-refractivity contribution < 1.29 is 4.74 Å². The second-order valence-electron chi connectivity index (χ2n) is 9.10. The third-order valence-corrected chi connectivity index (χ3v) is 7.67. The molecule has 1 fully saturated rings. The molecule has 1 saturated heterocycles. The van der Waals surface area contributed by atoms with Crippen molar-refractivity contribution in [1.29, 1.82) is 0 Å². The molecule has 0 atom stereocenters. The van der Waals surface area contributed by atoms with Crippen LogP contribution in [0.2, 0.25) is 0 Å². The molecule has 8 heteroatoms. The third-order valence-electron chi connectivity index (χ3n) is 6.77. The molecule has 1 aliphatic heterocycles. The fourth-order valence-corrected chi connectivity index (χ4v) is 5.71. The zero-order valence-corrected chi connectivity index (χ0v) is 20.3. The molecule has 0 unspecified atom stereocenters. The van der Waals surface area contributed by atoms with E-state index in [-0.39, 0.29) is 6.10 Å². The molecule has 0 radical (unpaired) electrons. The van der Waals surface area contributed by atoms with Gasteiger partial charge in [-0.25, -0.2) is 4.98 Å². The Kier molecular flexibility index (Phi) is 5.26. The van der Waals surface area contributed by atoms with Gasteiger partial charge in [-0.1, -0.05) is 18.2 Å². The normalized spacial score (nSPS) is 14.6. The molecule has 0 spiro atoms. The molecule has 178 valence electrons. The van der Waals surface area contributed by atoms with Crippen molar-refractivity contribution in [1.82, 2.24) is 30.5 Å². The van der Waals surface area contributed by atoms with Crippen LogP contribution in [0.25, 0.3) is 54.9 Å². The van der Waals surface area contributed by atoms with E-state index in [2.05, 4.69) is 78.3 Å². The van der Waals surface area contributed by atoms with Crippen molar-refractivity contribution in [3.05, 3.63) is 72.5 Å². The van der Waals surface area contributed by atoms with Gasteiger partial charge in [0.1, 0.15) is 11.9 Å². The second-order valence-corrected chi connectivity index (χ2v) is 10.0. The highest BCUT2D eigenvalue weighted by molar-refractivity contribution is 7.13. The van der Waals surface area contributed by atoms with Crippen molar-refractivity contribution in [2.45, 2.75) is 18.9 Å². The molecule has 7 rings (SSSR count). The first kappa shape index (κ1) is 21.3. The van der Waals surface area contributed by atoms with Crippen LogP contribution in [0, 0.1) is 0 Å². The van der Waals surface area contributed by atoms with E-state index < -0.39 is 0 Å². The Hall–Kier alpha value is -4.01. The number of hydrogen-bond donors (Lipinski definition) is 3. The van der Waals surface area contributed by atoms with Gasteiger partial charge >= 0.3 is 0 Å². The predicted octanol–water partition coefficient (Wildman–Crippen LogP) is 6.03. The summed E-state index contributed by atoms with van der Waals surface area (Å²) >= 11 is 1.75. The number of benzene rings is 1. The molecule has 7 nitrogen and oxygen atoms in total. The van der Waals surface area contributed by atoms with Gasteiger partial charge in [0.05, 0.1) is 17.6 Å². The third kappa shape index (κ3) is 3.84. The summed E-state index contributed by atoms with van der Waals surface area (Å²) in [6, 6.07) is 17.0. The van der Waals surface area contributed by atoms with Crippen LogP contribution < -0.4 is 10.1 Å². The molecular formula is C28H24N6OS. The van der Waals surface area contributed by atoms with E-state index in [4.69, 9.17) is 4.74 Å². The minimum Gasteiger partial charge on any atom is -0.489 e. The van der Waals surface area contributed by atoms with Crippen molar-refractivity contribution in [3.8, 4) is 38.7 Å². The number of rotatable bonds is 5. The fourth-order valence-electron chi connectivity index (χ4n) is 4.95. The first-order chi connectivity index (χ1) is 17.8. The second kappa shape index (κ2) is 8.89. The largest absolute Gasteiger partial charge is 0.489 e. The SMILES string of the molecule is c1csc(-c2cccc3[nH]c(-c4[nH]nc5ncc(-c6cncc(OC7CCNCC7)c6)cc45)cc23)c1. The summed E-state index contributed by atoms with van der Waals surface area (Å²) in [5.41, 5.74) is 6.85. The monoisotopic (exact) mass is 492 g/mol. The standard InChI is InChI=1S/C28H24N6OS/c1-3-21(26-5-2-10-36-26)22-13-25(32-24(22)4-1)27-23-12-18(15-31-28(23)34-33-27)17-11-20(16-30-14-17)35-19-6-8-29-9-7-19/h1-5,10-16,19,29,32H,6-9H2,(H,31,33,34). The van der Waals surface area contributed by atoms with E-state index in [0.717, 1.165) is 65.1 Å². The molecule has 0 aliphatic carbocycles. The van der Waals surface area contributed by atoms with E-state index in [1.165, 1.54) is 15.8 Å². The Morgan fingerprint density at radius 2 is 1.83 bits per heavy atom. The molecule has 0 saturated carbocycles. The lowest BCUT2D eigenvalue weighted by Crippen LogP contribution is -2.34. The van der Waals surface area contributed by atoms with Gasteiger partial charge in [0.15, 0.2) is 5.65 Å². The van der Waals surface area contributed by atoms with Crippen molar-refractivity contribution in [3.63, 3.8) is 0 Å². The number of aromatic amines is 2. The summed E-state index contributed by atoms with van der Waals surface area (Å²) in [7, 11) is 0. The van der Waals surface area contributed by atoms with Crippen LogP contribution in [0.4, 0.5) is 0 Å². The number of pyridine rings is 2. The van der Waals surface area contributed by atoms with Gasteiger partial charge in [-0.15, -0.1) is 11.3 Å². The average Bonchev–Trinajstić information content (AvgIpc) is 3.68. The van der Waals surface area contributed by atoms with Crippen molar-refractivity contribution >= 4 is 33.3 Å². The number of nitrogens with one attached hydrogen (secondary N) is 3. The predicted molar refractivity (Wildman–Crippen MR) is 144 cm³/mol. The van der Waals surface area contributed by atoms with E-state index in [0.29, 0.717) is 5.65 Å². The van der Waals surface area contributed by atoms with E-state index >= 15 is 0 Å². The van der Waals surface area contributed by atoms with Crippen LogP contribution >= 0.6 is 11.3 Å². The average molecular weight is 493 g/mol. The van der Waals surface area contributed by atoms with Gasteiger partial charge in [-0.3, -0.25) is 10.1 Å². The number of hydrogen-bond acceptors (Lipinski definition) is 6. The van der Waals surface area contributed by atoms with Crippen molar-refractivity contribution in [2.24, 2.45) is 0 Å². The van der Waals surface area contributed by atoms with Crippen LogP contribution in [-0.2, 0) is 0 Å². The Balaban J connectivity index is 1.26. The van der Waals surface area contributed by atoms with Gasteiger partial charge in [-0.05, 0) is 61.6 Å². The van der Waals surface area contributed by atoms with Crippen LogP contribution in [0.3, 0.4) is 0 Å². The van der Waals surface area contributed by atoms with Gasteiger partial charge < -0.3 is 15.0 Å². The van der Waals surface area contributed by atoms with Gasteiger partial charge in [0.2, 0.25) is 0 Å². The number of aromatic nitrogens is 5.